The Bertz CT molecular complexity index is 655. The van der Waals surface area contributed by atoms with Crippen LogP contribution in [0.2, 0.25) is 0 Å². The van der Waals surface area contributed by atoms with Crippen LogP contribution >= 0.6 is 0 Å². The molecule has 1 unspecified atom stereocenters. The first kappa shape index (κ1) is 19.0. The molecule has 2 heterocycles. The van der Waals surface area contributed by atoms with E-state index in [9.17, 15) is 14.4 Å². The van der Waals surface area contributed by atoms with E-state index < -0.39 is 5.92 Å². The Hall–Kier alpha value is -2.38. The lowest BCUT2D eigenvalue weighted by Crippen LogP contribution is -2.42. The van der Waals surface area contributed by atoms with E-state index >= 15 is 0 Å². The summed E-state index contributed by atoms with van der Waals surface area (Å²) in [7, 11) is 3.45. The summed E-state index contributed by atoms with van der Waals surface area (Å²) in [6, 6.07) is 0. The number of carbonyl (C=O) groups is 3. The van der Waals surface area contributed by atoms with E-state index in [-0.39, 0.29) is 17.7 Å². The summed E-state index contributed by atoms with van der Waals surface area (Å²) in [5.41, 5.74) is 2.11. The summed E-state index contributed by atoms with van der Waals surface area (Å²) in [5, 5.41) is 6.82. The van der Waals surface area contributed by atoms with Crippen LogP contribution in [0.1, 0.15) is 24.6 Å². The van der Waals surface area contributed by atoms with E-state index in [0.29, 0.717) is 39.0 Å². The highest BCUT2D eigenvalue weighted by molar-refractivity contribution is 5.82. The minimum Gasteiger partial charge on any atom is -0.359 e. The lowest BCUT2D eigenvalue weighted by Gasteiger charge is -2.23. The molecule has 1 fully saturated rings. The molecule has 1 N–H and O–H groups in total. The Morgan fingerprint density at radius 3 is 2.44 bits per heavy atom. The van der Waals surface area contributed by atoms with Crippen molar-refractivity contribution in [2.24, 2.45) is 13.0 Å². The minimum absolute atomic E-state index is 0.00237. The van der Waals surface area contributed by atoms with Crippen molar-refractivity contribution in [1.82, 2.24) is 24.9 Å². The van der Waals surface area contributed by atoms with E-state index in [2.05, 4.69) is 10.4 Å². The highest BCUT2D eigenvalue weighted by Crippen LogP contribution is 2.14. The fourth-order valence-electron chi connectivity index (χ4n) is 3.09. The molecule has 1 saturated heterocycles. The van der Waals surface area contributed by atoms with Crippen molar-refractivity contribution in [2.45, 2.75) is 26.7 Å². The van der Waals surface area contributed by atoms with Crippen molar-refractivity contribution >= 4 is 17.7 Å². The van der Waals surface area contributed by atoms with Crippen LogP contribution < -0.4 is 5.32 Å². The largest absolute Gasteiger partial charge is 0.359 e. The van der Waals surface area contributed by atoms with Crippen molar-refractivity contribution in [3.63, 3.8) is 0 Å². The van der Waals surface area contributed by atoms with Gasteiger partial charge in [0.25, 0.3) is 0 Å². The van der Waals surface area contributed by atoms with Crippen LogP contribution in [0.15, 0.2) is 6.20 Å². The molecule has 8 heteroatoms. The predicted octanol–water partition coefficient (Wildman–Crippen LogP) is -0.286. The first-order chi connectivity index (χ1) is 11.8. The molecule has 25 heavy (non-hydrogen) atoms. The van der Waals surface area contributed by atoms with Crippen molar-refractivity contribution in [2.75, 3.05) is 33.2 Å². The number of rotatable bonds is 4. The number of nitrogens with one attached hydrogen (secondary N) is 1. The van der Waals surface area contributed by atoms with Crippen molar-refractivity contribution in [1.29, 1.82) is 0 Å². The van der Waals surface area contributed by atoms with Crippen molar-refractivity contribution in [3.8, 4) is 0 Å². The first-order valence-corrected chi connectivity index (χ1v) is 8.55. The van der Waals surface area contributed by atoms with Crippen molar-refractivity contribution < 1.29 is 14.4 Å². The SMILES string of the molecule is CNC(=O)C1CN(C(C)=O)CCN(C(=O)CCc2cnn(C)c2C)C1. The molecule has 3 amide bonds. The van der Waals surface area contributed by atoms with Gasteiger partial charge in [-0.2, -0.15) is 5.10 Å². The van der Waals surface area contributed by atoms with Gasteiger partial charge in [0.2, 0.25) is 17.7 Å². The van der Waals surface area contributed by atoms with Gasteiger partial charge in [-0.05, 0) is 18.9 Å². The second-order valence-corrected chi connectivity index (χ2v) is 6.49. The fraction of sp³-hybridized carbons (Fsp3) is 0.647. The van der Waals surface area contributed by atoms with Crippen LogP contribution in [0.5, 0.6) is 0 Å². The standard InChI is InChI=1S/C17H27N5O3/c1-12-14(9-19-20(12)4)5-6-16(24)22-8-7-21(13(2)23)10-15(11-22)17(25)18-3/h9,15H,5-8,10-11H2,1-4H3,(H,18,25). The number of aryl methyl sites for hydroxylation is 2. The lowest BCUT2D eigenvalue weighted by molar-refractivity contribution is -0.133. The third-order valence-corrected chi connectivity index (χ3v) is 4.88. The van der Waals surface area contributed by atoms with Gasteiger partial charge in [-0.1, -0.05) is 0 Å². The molecule has 0 aromatic carbocycles. The highest BCUT2D eigenvalue weighted by atomic mass is 16.2. The van der Waals surface area contributed by atoms with E-state index in [1.165, 1.54) is 6.92 Å². The van der Waals surface area contributed by atoms with Crippen LogP contribution in [0.4, 0.5) is 0 Å². The summed E-state index contributed by atoms with van der Waals surface area (Å²) in [6.07, 6.45) is 2.78. The number of carbonyl (C=O) groups excluding carboxylic acids is 3. The third-order valence-electron chi connectivity index (χ3n) is 4.88. The Morgan fingerprint density at radius 2 is 1.88 bits per heavy atom. The van der Waals surface area contributed by atoms with Crippen molar-refractivity contribution in [3.05, 3.63) is 17.5 Å². The van der Waals surface area contributed by atoms with Crippen LogP contribution in [0, 0.1) is 12.8 Å². The monoisotopic (exact) mass is 349 g/mol. The molecule has 0 saturated carbocycles. The van der Waals surface area contributed by atoms with Gasteiger partial charge in [-0.15, -0.1) is 0 Å². The zero-order valence-corrected chi connectivity index (χ0v) is 15.4. The number of aromatic nitrogens is 2. The van der Waals surface area contributed by atoms with Gasteiger partial charge in [-0.3, -0.25) is 19.1 Å². The lowest BCUT2D eigenvalue weighted by atomic mass is 10.1. The van der Waals surface area contributed by atoms with Crippen LogP contribution in [-0.4, -0.2) is 70.5 Å². The van der Waals surface area contributed by atoms with Crippen LogP contribution in [0.25, 0.3) is 0 Å². The normalized spacial score (nSPS) is 18.0. The molecule has 1 aromatic rings. The summed E-state index contributed by atoms with van der Waals surface area (Å²) in [4.78, 5) is 39.8. The quantitative estimate of drug-likeness (QED) is 0.809. The molecule has 0 aliphatic carbocycles. The maximum atomic E-state index is 12.6. The Morgan fingerprint density at radius 1 is 1.24 bits per heavy atom. The average molecular weight is 349 g/mol. The van der Waals surface area contributed by atoms with E-state index in [0.717, 1.165) is 11.3 Å². The molecular formula is C17H27N5O3. The summed E-state index contributed by atoms with van der Waals surface area (Å²) in [5.74, 6) is -0.619. The fourth-order valence-corrected chi connectivity index (χ4v) is 3.09. The molecule has 1 aromatic heterocycles. The molecule has 0 spiro atoms. The zero-order valence-electron chi connectivity index (χ0n) is 15.4. The van der Waals surface area contributed by atoms with Gasteiger partial charge in [0.05, 0.1) is 12.1 Å². The number of hydrogen-bond acceptors (Lipinski definition) is 4. The molecule has 2 rings (SSSR count). The molecule has 0 bridgehead atoms. The predicted molar refractivity (Wildman–Crippen MR) is 92.7 cm³/mol. The van der Waals surface area contributed by atoms with Gasteiger partial charge >= 0.3 is 0 Å². The highest BCUT2D eigenvalue weighted by Gasteiger charge is 2.30. The molecule has 1 aliphatic heterocycles. The van der Waals surface area contributed by atoms with Gasteiger partial charge in [-0.25, -0.2) is 0 Å². The van der Waals surface area contributed by atoms with Crippen LogP contribution in [-0.2, 0) is 27.9 Å². The number of hydrogen-bond donors (Lipinski definition) is 1. The van der Waals surface area contributed by atoms with E-state index in [4.69, 9.17) is 0 Å². The summed E-state index contributed by atoms with van der Waals surface area (Å²) >= 11 is 0. The second kappa shape index (κ2) is 8.13. The molecule has 1 atom stereocenters. The summed E-state index contributed by atoms with van der Waals surface area (Å²) < 4.78 is 1.79. The second-order valence-electron chi connectivity index (χ2n) is 6.49. The minimum atomic E-state index is -0.402. The average Bonchev–Trinajstić information content (AvgIpc) is 2.80. The molecule has 138 valence electrons. The van der Waals surface area contributed by atoms with Gasteiger partial charge < -0.3 is 15.1 Å². The maximum absolute atomic E-state index is 12.6. The maximum Gasteiger partial charge on any atom is 0.226 e. The number of nitrogens with zero attached hydrogens (tertiary/aromatic N) is 4. The zero-order chi connectivity index (χ0) is 18.6. The Kier molecular flexibility index (Phi) is 6.17. The summed E-state index contributed by atoms with van der Waals surface area (Å²) in [6.45, 7) is 5.07. The smallest absolute Gasteiger partial charge is 0.226 e. The first-order valence-electron chi connectivity index (χ1n) is 8.55. The Balaban J connectivity index is 2.03. The van der Waals surface area contributed by atoms with E-state index in [1.807, 2.05) is 14.0 Å². The molecular weight excluding hydrogens is 322 g/mol. The van der Waals surface area contributed by atoms with Crippen LogP contribution in [0.3, 0.4) is 0 Å². The van der Waals surface area contributed by atoms with E-state index in [1.54, 1.807) is 27.7 Å². The van der Waals surface area contributed by atoms with Gasteiger partial charge in [0, 0.05) is 59.3 Å². The molecule has 8 nitrogen and oxygen atoms in total. The molecule has 0 radical (unpaired) electrons. The topological polar surface area (TPSA) is 87.5 Å². The molecule has 1 aliphatic rings. The third kappa shape index (κ3) is 4.58. The van der Waals surface area contributed by atoms with Gasteiger partial charge in [0.15, 0.2) is 0 Å². The Labute approximate surface area is 148 Å². The number of amides is 3. The van der Waals surface area contributed by atoms with Gasteiger partial charge in [0.1, 0.15) is 0 Å².